The summed E-state index contributed by atoms with van der Waals surface area (Å²) in [5, 5.41) is 8.38. The third-order valence-electron chi connectivity index (χ3n) is 5.63. The molecule has 3 N–H and O–H groups in total. The molecule has 0 aliphatic carbocycles. The first kappa shape index (κ1) is 22.0. The summed E-state index contributed by atoms with van der Waals surface area (Å²) in [5.74, 6) is -0.604. The van der Waals surface area contributed by atoms with E-state index in [2.05, 4.69) is 23.1 Å². The highest BCUT2D eigenvalue weighted by Crippen LogP contribution is 2.25. The summed E-state index contributed by atoms with van der Waals surface area (Å²) in [5.41, 5.74) is 8.70. The molecule has 1 amide bonds. The molecule has 2 aromatic rings. The predicted octanol–water partition coefficient (Wildman–Crippen LogP) is 3.16. The van der Waals surface area contributed by atoms with Crippen LogP contribution in [0.15, 0.2) is 54.6 Å². The van der Waals surface area contributed by atoms with Crippen LogP contribution in [0.1, 0.15) is 41.6 Å². The number of benzene rings is 2. The molecule has 0 spiro atoms. The molecule has 30 heavy (non-hydrogen) atoms. The number of carbonyl (C=O) groups is 2. The van der Waals surface area contributed by atoms with Crippen molar-refractivity contribution in [1.29, 1.82) is 0 Å². The lowest BCUT2D eigenvalue weighted by molar-refractivity contribution is -0.119. The van der Waals surface area contributed by atoms with Crippen LogP contribution in [0.5, 0.6) is 0 Å². The molecule has 160 valence electrons. The highest BCUT2D eigenvalue weighted by Gasteiger charge is 2.23. The second kappa shape index (κ2) is 10.9. The molecule has 2 aliphatic heterocycles. The number of nitrogens with two attached hydrogens (primary N) is 1. The molecule has 6 nitrogen and oxygen atoms in total. The summed E-state index contributed by atoms with van der Waals surface area (Å²) in [6.45, 7) is 4.01. The van der Waals surface area contributed by atoms with E-state index in [1.807, 2.05) is 11.0 Å². The van der Waals surface area contributed by atoms with E-state index >= 15 is 0 Å². The first-order chi connectivity index (χ1) is 14.5. The molecule has 2 fully saturated rings. The second-order valence-electron chi connectivity index (χ2n) is 7.90. The average Bonchev–Trinajstić information content (AvgIpc) is 3.19. The molecule has 0 aromatic heterocycles. The fourth-order valence-corrected chi connectivity index (χ4v) is 3.97. The van der Waals surface area contributed by atoms with Crippen LogP contribution in [0, 0.1) is 0 Å². The van der Waals surface area contributed by atoms with E-state index < -0.39 is 5.97 Å². The molecule has 2 heterocycles. The zero-order valence-electron chi connectivity index (χ0n) is 17.4. The van der Waals surface area contributed by atoms with Gasteiger partial charge < -0.3 is 20.6 Å². The van der Waals surface area contributed by atoms with Crippen molar-refractivity contribution in [3.8, 4) is 0 Å². The lowest BCUT2D eigenvalue weighted by Crippen LogP contribution is -2.36. The molecule has 2 aromatic carbocycles. The van der Waals surface area contributed by atoms with Crippen molar-refractivity contribution in [2.45, 2.75) is 38.1 Å². The maximum atomic E-state index is 12.1. The van der Waals surface area contributed by atoms with E-state index in [1.165, 1.54) is 5.56 Å². The van der Waals surface area contributed by atoms with Crippen molar-refractivity contribution in [2.24, 2.45) is 5.73 Å². The molecule has 2 aliphatic rings. The van der Waals surface area contributed by atoms with Gasteiger partial charge in [-0.3, -0.25) is 4.79 Å². The Kier molecular flexibility index (Phi) is 7.99. The number of amides is 1. The summed E-state index contributed by atoms with van der Waals surface area (Å²) in [6, 6.07) is 17.0. The zero-order chi connectivity index (χ0) is 21.3. The van der Waals surface area contributed by atoms with Crippen LogP contribution in [0.4, 0.5) is 5.69 Å². The number of nitrogens with zero attached hydrogens (tertiary/aromatic N) is 2. The SMILES string of the molecule is NC1CCN(CCc2ccccc2N2CCCCC2=O)C1.O=C(O)c1ccccc1. The molecule has 1 atom stereocenters. The summed E-state index contributed by atoms with van der Waals surface area (Å²) < 4.78 is 0. The van der Waals surface area contributed by atoms with E-state index in [4.69, 9.17) is 10.8 Å². The number of carbonyl (C=O) groups excluding carboxylic acids is 1. The molecule has 2 saturated heterocycles. The lowest BCUT2D eigenvalue weighted by atomic mass is 10.0. The fourth-order valence-electron chi connectivity index (χ4n) is 3.97. The van der Waals surface area contributed by atoms with Gasteiger partial charge in [0, 0.05) is 37.8 Å². The summed E-state index contributed by atoms with van der Waals surface area (Å²) >= 11 is 0. The van der Waals surface area contributed by atoms with Gasteiger partial charge >= 0.3 is 5.97 Å². The molecule has 0 saturated carbocycles. The number of rotatable bonds is 5. The Bertz CT molecular complexity index is 841. The number of anilines is 1. The Hall–Kier alpha value is -2.70. The minimum absolute atomic E-state index is 0.275. The maximum Gasteiger partial charge on any atom is 0.335 e. The summed E-state index contributed by atoms with van der Waals surface area (Å²) in [7, 11) is 0. The topological polar surface area (TPSA) is 86.9 Å². The van der Waals surface area contributed by atoms with Crippen LogP contribution < -0.4 is 10.6 Å². The lowest BCUT2D eigenvalue weighted by Gasteiger charge is -2.29. The Balaban J connectivity index is 0.000000239. The predicted molar refractivity (Wildman–Crippen MR) is 119 cm³/mol. The normalized spacial score (nSPS) is 19.3. The van der Waals surface area contributed by atoms with E-state index in [-0.39, 0.29) is 5.91 Å². The van der Waals surface area contributed by atoms with Crippen LogP contribution in [0.25, 0.3) is 0 Å². The molecule has 1 unspecified atom stereocenters. The molecule has 4 rings (SSSR count). The molecule has 6 heteroatoms. The van der Waals surface area contributed by atoms with E-state index in [1.54, 1.807) is 30.3 Å². The number of carboxylic acid groups (broad SMARTS) is 1. The number of para-hydroxylation sites is 1. The average molecular weight is 410 g/mol. The standard InChI is InChI=1S/C17H25N3O.C7H6O2/c18-15-9-12-19(13-15)11-8-14-5-1-2-6-16(14)20-10-4-3-7-17(20)21;8-7(9)6-4-2-1-3-5-6/h1-2,5-6,15H,3-4,7-13,18H2;1-5H,(H,8,9). The third-order valence-corrected chi connectivity index (χ3v) is 5.63. The highest BCUT2D eigenvalue weighted by molar-refractivity contribution is 5.94. The van der Waals surface area contributed by atoms with Gasteiger partial charge in [0.25, 0.3) is 0 Å². The largest absolute Gasteiger partial charge is 0.478 e. The smallest absolute Gasteiger partial charge is 0.335 e. The first-order valence-corrected chi connectivity index (χ1v) is 10.7. The van der Waals surface area contributed by atoms with Gasteiger partial charge in [0.05, 0.1) is 5.56 Å². The van der Waals surface area contributed by atoms with Crippen molar-refractivity contribution in [2.75, 3.05) is 31.1 Å². The van der Waals surface area contributed by atoms with Crippen LogP contribution in [0.3, 0.4) is 0 Å². The van der Waals surface area contributed by atoms with Gasteiger partial charge in [-0.15, -0.1) is 0 Å². The van der Waals surface area contributed by atoms with Crippen molar-refractivity contribution in [3.63, 3.8) is 0 Å². The van der Waals surface area contributed by atoms with Crippen LogP contribution in [-0.4, -0.2) is 54.1 Å². The quantitative estimate of drug-likeness (QED) is 0.792. The number of hydrogen-bond donors (Lipinski definition) is 2. The van der Waals surface area contributed by atoms with Crippen LogP contribution in [0.2, 0.25) is 0 Å². The van der Waals surface area contributed by atoms with Gasteiger partial charge in [-0.2, -0.15) is 0 Å². The number of aromatic carboxylic acids is 1. The Morgan fingerprint density at radius 3 is 2.40 bits per heavy atom. The van der Waals surface area contributed by atoms with Crippen LogP contribution >= 0.6 is 0 Å². The molecular weight excluding hydrogens is 378 g/mol. The molecular formula is C24H31N3O3. The van der Waals surface area contributed by atoms with Gasteiger partial charge in [-0.05, 0) is 56.0 Å². The zero-order valence-corrected chi connectivity index (χ0v) is 17.4. The number of piperidine rings is 1. The fraction of sp³-hybridized carbons (Fsp3) is 0.417. The number of carboxylic acids is 1. The second-order valence-corrected chi connectivity index (χ2v) is 7.90. The van der Waals surface area contributed by atoms with Gasteiger partial charge in [-0.1, -0.05) is 36.4 Å². The van der Waals surface area contributed by atoms with Gasteiger partial charge in [0.15, 0.2) is 0 Å². The van der Waals surface area contributed by atoms with Crippen molar-refractivity contribution in [1.82, 2.24) is 4.90 Å². The van der Waals surface area contributed by atoms with Gasteiger partial charge in [0.1, 0.15) is 0 Å². The summed E-state index contributed by atoms with van der Waals surface area (Å²) in [6.07, 6.45) is 4.93. The minimum Gasteiger partial charge on any atom is -0.478 e. The van der Waals surface area contributed by atoms with Crippen molar-refractivity contribution >= 4 is 17.6 Å². The highest BCUT2D eigenvalue weighted by atomic mass is 16.4. The van der Waals surface area contributed by atoms with E-state index in [0.29, 0.717) is 18.0 Å². The van der Waals surface area contributed by atoms with E-state index in [9.17, 15) is 9.59 Å². The van der Waals surface area contributed by atoms with Gasteiger partial charge in [0.2, 0.25) is 5.91 Å². The molecule has 0 radical (unpaired) electrons. The minimum atomic E-state index is -0.879. The van der Waals surface area contributed by atoms with E-state index in [0.717, 1.165) is 57.5 Å². The van der Waals surface area contributed by atoms with Crippen LogP contribution in [-0.2, 0) is 11.2 Å². The monoisotopic (exact) mass is 409 g/mol. The molecule has 0 bridgehead atoms. The Morgan fingerprint density at radius 1 is 1.03 bits per heavy atom. The number of hydrogen-bond acceptors (Lipinski definition) is 4. The third kappa shape index (κ3) is 6.15. The summed E-state index contributed by atoms with van der Waals surface area (Å²) in [4.78, 5) is 26.8. The van der Waals surface area contributed by atoms with Crippen molar-refractivity contribution < 1.29 is 14.7 Å². The Morgan fingerprint density at radius 2 is 1.77 bits per heavy atom. The first-order valence-electron chi connectivity index (χ1n) is 10.7. The van der Waals surface area contributed by atoms with Crippen molar-refractivity contribution in [3.05, 3.63) is 65.7 Å². The maximum absolute atomic E-state index is 12.1. The van der Waals surface area contributed by atoms with Gasteiger partial charge in [-0.25, -0.2) is 4.79 Å². The number of likely N-dealkylation sites (tertiary alicyclic amines) is 1. The Labute approximate surface area is 178 Å².